The summed E-state index contributed by atoms with van der Waals surface area (Å²) in [5.74, 6) is -2.98. The Morgan fingerprint density at radius 3 is 2.65 bits per heavy atom. The fourth-order valence-electron chi connectivity index (χ4n) is 2.85. The van der Waals surface area contributed by atoms with E-state index in [2.05, 4.69) is 5.32 Å². The van der Waals surface area contributed by atoms with Gasteiger partial charge in [-0.2, -0.15) is 0 Å². The van der Waals surface area contributed by atoms with Crippen molar-refractivity contribution in [2.75, 3.05) is 18.5 Å². The minimum absolute atomic E-state index is 0.132. The second-order valence-corrected chi connectivity index (χ2v) is 6.02. The average molecular weight is 360 g/mol. The summed E-state index contributed by atoms with van der Waals surface area (Å²) < 4.78 is 31.3. The normalized spacial score (nSPS) is 17.6. The number of nitrogens with zero attached hydrogens (tertiary/aromatic N) is 1. The van der Waals surface area contributed by atoms with Gasteiger partial charge in [-0.3, -0.25) is 14.5 Å². The van der Waals surface area contributed by atoms with Crippen molar-refractivity contribution < 1.29 is 23.1 Å². The van der Waals surface area contributed by atoms with Gasteiger partial charge < -0.3 is 10.1 Å². The fourth-order valence-corrected chi connectivity index (χ4v) is 2.85. The maximum absolute atomic E-state index is 13.2. The summed E-state index contributed by atoms with van der Waals surface area (Å²) in [6.07, 6.45) is -0.134. The first-order valence-corrected chi connectivity index (χ1v) is 8.22. The minimum Gasteiger partial charge on any atom is -0.463 e. The third kappa shape index (κ3) is 4.43. The maximum Gasteiger partial charge on any atom is 0.323 e. The number of carbonyl (C=O) groups excluding carboxylic acids is 2. The molecule has 1 aliphatic rings. The lowest BCUT2D eigenvalue weighted by Gasteiger charge is -2.33. The first kappa shape index (κ1) is 18.0. The van der Waals surface area contributed by atoms with E-state index in [1.165, 1.54) is 6.07 Å². The summed E-state index contributed by atoms with van der Waals surface area (Å²) in [6.45, 7) is 1.30. The van der Waals surface area contributed by atoms with Gasteiger partial charge in [-0.25, -0.2) is 8.78 Å². The van der Waals surface area contributed by atoms with Crippen molar-refractivity contribution in [2.24, 2.45) is 0 Å². The molecule has 0 saturated carbocycles. The highest BCUT2D eigenvalue weighted by atomic mass is 19.2. The van der Waals surface area contributed by atoms with E-state index in [1.54, 1.807) is 0 Å². The van der Waals surface area contributed by atoms with Gasteiger partial charge in [0.05, 0.1) is 6.42 Å². The molecular weight excluding hydrogens is 342 g/mol. The first-order chi connectivity index (χ1) is 12.5. The largest absolute Gasteiger partial charge is 0.463 e. The number of benzene rings is 2. The molecule has 2 aromatic carbocycles. The highest BCUT2D eigenvalue weighted by Gasteiger charge is 2.33. The number of ether oxygens (including phenoxy) is 1. The van der Waals surface area contributed by atoms with Crippen LogP contribution in [0.4, 0.5) is 14.5 Å². The van der Waals surface area contributed by atoms with Gasteiger partial charge in [0.25, 0.3) is 0 Å². The average Bonchev–Trinajstić information content (AvgIpc) is 2.62. The van der Waals surface area contributed by atoms with E-state index < -0.39 is 29.6 Å². The van der Waals surface area contributed by atoms with Crippen molar-refractivity contribution in [3.05, 3.63) is 65.7 Å². The first-order valence-electron chi connectivity index (χ1n) is 8.22. The standard InChI is InChI=1S/C19H18F2N2O3/c20-15-7-6-14(10-16(15)21)22-18(24)11-17-19(25)26-9-8-23(17)12-13-4-2-1-3-5-13/h1-7,10,17H,8-9,11-12H2,(H,22,24). The van der Waals surface area contributed by atoms with Crippen LogP contribution in [0.2, 0.25) is 0 Å². The molecule has 1 N–H and O–H groups in total. The van der Waals surface area contributed by atoms with Crippen LogP contribution in [0.3, 0.4) is 0 Å². The number of carbonyl (C=O) groups is 2. The summed E-state index contributed by atoms with van der Waals surface area (Å²) in [7, 11) is 0. The summed E-state index contributed by atoms with van der Waals surface area (Å²) in [4.78, 5) is 26.3. The molecule has 1 unspecified atom stereocenters. The number of cyclic esters (lactones) is 1. The smallest absolute Gasteiger partial charge is 0.323 e. The summed E-state index contributed by atoms with van der Waals surface area (Å²) in [6, 6.07) is 12.0. The molecule has 7 heteroatoms. The minimum atomic E-state index is -1.05. The molecule has 1 saturated heterocycles. The Hall–Kier alpha value is -2.80. The fraction of sp³-hybridized carbons (Fsp3) is 0.263. The number of esters is 1. The SMILES string of the molecule is O=C(CC1C(=O)OCCN1Cc1ccccc1)Nc1ccc(F)c(F)c1. The van der Waals surface area contributed by atoms with Crippen LogP contribution in [0.5, 0.6) is 0 Å². The zero-order valence-corrected chi connectivity index (χ0v) is 14.0. The van der Waals surface area contributed by atoms with Gasteiger partial charge in [-0.05, 0) is 17.7 Å². The van der Waals surface area contributed by atoms with E-state index >= 15 is 0 Å². The molecule has 136 valence electrons. The van der Waals surface area contributed by atoms with Gasteiger partial charge in [0.1, 0.15) is 12.6 Å². The van der Waals surface area contributed by atoms with Crippen LogP contribution >= 0.6 is 0 Å². The Bertz CT molecular complexity index is 799. The maximum atomic E-state index is 13.2. The molecule has 0 aliphatic carbocycles. The molecule has 1 heterocycles. The molecule has 0 aromatic heterocycles. The predicted molar refractivity (Wildman–Crippen MR) is 91.2 cm³/mol. The number of rotatable bonds is 5. The molecule has 1 fully saturated rings. The lowest BCUT2D eigenvalue weighted by atomic mass is 10.1. The monoisotopic (exact) mass is 360 g/mol. The van der Waals surface area contributed by atoms with Crippen LogP contribution in [0, 0.1) is 11.6 Å². The number of hydrogen-bond donors (Lipinski definition) is 1. The lowest BCUT2D eigenvalue weighted by molar-refractivity contribution is -0.159. The van der Waals surface area contributed by atoms with Crippen molar-refractivity contribution in [1.29, 1.82) is 0 Å². The van der Waals surface area contributed by atoms with E-state index in [4.69, 9.17) is 4.74 Å². The molecule has 5 nitrogen and oxygen atoms in total. The van der Waals surface area contributed by atoms with Gasteiger partial charge >= 0.3 is 5.97 Å². The van der Waals surface area contributed by atoms with Crippen molar-refractivity contribution in [2.45, 2.75) is 19.0 Å². The van der Waals surface area contributed by atoms with Gasteiger partial charge in [0.2, 0.25) is 5.91 Å². The number of amides is 1. The molecule has 26 heavy (non-hydrogen) atoms. The Balaban J connectivity index is 1.66. The Morgan fingerprint density at radius 2 is 1.92 bits per heavy atom. The van der Waals surface area contributed by atoms with E-state index in [0.29, 0.717) is 13.1 Å². The topological polar surface area (TPSA) is 58.6 Å². The number of nitrogens with one attached hydrogen (secondary N) is 1. The summed E-state index contributed by atoms with van der Waals surface area (Å²) >= 11 is 0. The zero-order valence-electron chi connectivity index (χ0n) is 14.0. The Labute approximate surface area is 149 Å². The third-order valence-corrected chi connectivity index (χ3v) is 4.15. The highest BCUT2D eigenvalue weighted by molar-refractivity contribution is 5.94. The van der Waals surface area contributed by atoms with Gasteiger partial charge in [-0.1, -0.05) is 30.3 Å². The Morgan fingerprint density at radius 1 is 1.15 bits per heavy atom. The van der Waals surface area contributed by atoms with E-state index in [9.17, 15) is 18.4 Å². The van der Waals surface area contributed by atoms with Gasteiger partial charge in [0, 0.05) is 24.8 Å². The Kier molecular flexibility index (Phi) is 5.58. The molecule has 0 spiro atoms. The van der Waals surface area contributed by atoms with Crippen LogP contribution in [-0.4, -0.2) is 36.0 Å². The van der Waals surface area contributed by atoms with Crippen molar-refractivity contribution in [3.63, 3.8) is 0 Å². The third-order valence-electron chi connectivity index (χ3n) is 4.15. The van der Waals surface area contributed by atoms with Crippen molar-refractivity contribution >= 4 is 17.6 Å². The van der Waals surface area contributed by atoms with Crippen LogP contribution in [-0.2, 0) is 20.9 Å². The molecule has 0 radical (unpaired) electrons. The number of morpholine rings is 1. The summed E-state index contributed by atoms with van der Waals surface area (Å²) in [5, 5.41) is 2.48. The van der Waals surface area contributed by atoms with Crippen LogP contribution in [0.25, 0.3) is 0 Å². The molecule has 1 amide bonds. The highest BCUT2D eigenvalue weighted by Crippen LogP contribution is 2.18. The van der Waals surface area contributed by atoms with Crippen LogP contribution in [0.1, 0.15) is 12.0 Å². The van der Waals surface area contributed by atoms with E-state index in [0.717, 1.165) is 17.7 Å². The van der Waals surface area contributed by atoms with Gasteiger partial charge in [-0.15, -0.1) is 0 Å². The molecular formula is C19H18F2N2O3. The molecule has 2 aromatic rings. The summed E-state index contributed by atoms with van der Waals surface area (Å²) in [5.41, 5.74) is 1.15. The number of anilines is 1. The quantitative estimate of drug-likeness (QED) is 0.833. The van der Waals surface area contributed by atoms with Crippen LogP contribution < -0.4 is 5.32 Å². The van der Waals surface area contributed by atoms with Crippen molar-refractivity contribution in [1.82, 2.24) is 4.90 Å². The molecule has 1 atom stereocenters. The molecule has 1 aliphatic heterocycles. The second kappa shape index (κ2) is 8.05. The lowest BCUT2D eigenvalue weighted by Crippen LogP contribution is -2.49. The van der Waals surface area contributed by atoms with E-state index in [-0.39, 0.29) is 18.7 Å². The number of hydrogen-bond acceptors (Lipinski definition) is 4. The van der Waals surface area contributed by atoms with Crippen molar-refractivity contribution in [3.8, 4) is 0 Å². The van der Waals surface area contributed by atoms with E-state index in [1.807, 2.05) is 35.2 Å². The predicted octanol–water partition coefficient (Wildman–Crippen LogP) is 2.72. The zero-order chi connectivity index (χ0) is 18.5. The molecule has 3 rings (SSSR count). The number of halogens is 2. The van der Waals surface area contributed by atoms with Gasteiger partial charge in [0.15, 0.2) is 11.6 Å². The second-order valence-electron chi connectivity index (χ2n) is 6.02. The van der Waals surface area contributed by atoms with Crippen LogP contribution in [0.15, 0.2) is 48.5 Å². The molecule has 0 bridgehead atoms.